The van der Waals surface area contributed by atoms with Crippen molar-refractivity contribution in [2.45, 2.75) is 36.5 Å². The molecule has 0 fully saturated rings. The van der Waals surface area contributed by atoms with E-state index in [0.717, 1.165) is 11.3 Å². The Morgan fingerprint density at radius 2 is 1.96 bits per heavy atom. The quantitative estimate of drug-likeness (QED) is 0.623. The molecule has 122 valence electrons. The highest BCUT2D eigenvalue weighted by atomic mass is 32.2. The van der Waals surface area contributed by atoms with Crippen LogP contribution in [0, 0.1) is 0 Å². The van der Waals surface area contributed by atoms with Gasteiger partial charge in [0.15, 0.2) is 0 Å². The summed E-state index contributed by atoms with van der Waals surface area (Å²) >= 11 is 1.85. The maximum Gasteiger partial charge on any atom is 0.140 e. The zero-order valence-corrected chi connectivity index (χ0v) is 15.5. The topological polar surface area (TPSA) is 0 Å². The molecule has 1 heterocycles. The first-order valence-electron chi connectivity index (χ1n) is 9.21. The summed E-state index contributed by atoms with van der Waals surface area (Å²) in [6.07, 6.45) is 7.27. The van der Waals surface area contributed by atoms with Gasteiger partial charge in [-0.1, -0.05) is 71.8 Å². The van der Waals surface area contributed by atoms with E-state index in [-0.39, 0.29) is 0 Å². The smallest absolute Gasteiger partial charge is 0.0910 e. The van der Waals surface area contributed by atoms with Crippen LogP contribution in [0.1, 0.15) is 41.9 Å². The van der Waals surface area contributed by atoms with Crippen molar-refractivity contribution in [3.05, 3.63) is 87.9 Å². The van der Waals surface area contributed by atoms with Gasteiger partial charge in [-0.3, -0.25) is 0 Å². The van der Waals surface area contributed by atoms with Crippen LogP contribution >= 0.6 is 11.8 Å². The van der Waals surface area contributed by atoms with Crippen LogP contribution in [0.25, 0.3) is 5.57 Å². The summed E-state index contributed by atoms with van der Waals surface area (Å²) in [6, 6.07) is 15.8. The highest BCUT2D eigenvalue weighted by molar-refractivity contribution is 8.03. The Kier molecular flexibility index (Phi) is 3.57. The van der Waals surface area contributed by atoms with Gasteiger partial charge in [-0.05, 0) is 59.6 Å². The van der Waals surface area contributed by atoms with Crippen molar-refractivity contribution >= 4 is 30.6 Å². The molecule has 2 aliphatic carbocycles. The second-order valence-corrected chi connectivity index (χ2v) is 8.55. The minimum absolute atomic E-state index is 0.593. The van der Waals surface area contributed by atoms with Crippen LogP contribution < -0.4 is 5.46 Å². The van der Waals surface area contributed by atoms with Gasteiger partial charge in [0.1, 0.15) is 7.85 Å². The van der Waals surface area contributed by atoms with E-state index in [9.17, 15) is 0 Å². The molecule has 0 nitrogen and oxygen atoms in total. The number of allylic oxidation sites excluding steroid dienone is 4. The average Bonchev–Trinajstić information content (AvgIpc) is 2.95. The maximum atomic E-state index is 4.39. The molecule has 0 saturated heterocycles. The van der Waals surface area contributed by atoms with Gasteiger partial charge >= 0.3 is 0 Å². The lowest BCUT2D eigenvalue weighted by atomic mass is 9.79. The third-order valence-corrected chi connectivity index (χ3v) is 7.02. The molecule has 2 heteroatoms. The molecule has 2 aromatic rings. The third-order valence-electron chi connectivity index (χ3n) is 5.85. The van der Waals surface area contributed by atoms with E-state index >= 15 is 0 Å². The summed E-state index contributed by atoms with van der Waals surface area (Å²) in [5, 5.41) is 0. The third kappa shape index (κ3) is 2.38. The molecule has 3 aliphatic rings. The normalized spacial score (nSPS) is 23.6. The van der Waals surface area contributed by atoms with Crippen LogP contribution in [-0.4, -0.2) is 7.85 Å². The fraction of sp³-hybridized carbons (Fsp3) is 0.217. The summed E-state index contributed by atoms with van der Waals surface area (Å²) in [7, 11) is 2.22. The van der Waals surface area contributed by atoms with Gasteiger partial charge in [-0.2, -0.15) is 0 Å². The van der Waals surface area contributed by atoms with Crippen molar-refractivity contribution in [1.29, 1.82) is 0 Å². The molecule has 0 radical (unpaired) electrons. The van der Waals surface area contributed by atoms with Gasteiger partial charge in [0.25, 0.3) is 0 Å². The zero-order valence-electron chi connectivity index (χ0n) is 14.6. The molecule has 2 aromatic carbocycles. The Labute approximate surface area is 155 Å². The van der Waals surface area contributed by atoms with E-state index in [0.29, 0.717) is 5.92 Å². The molecule has 0 spiro atoms. The van der Waals surface area contributed by atoms with E-state index in [1.807, 2.05) is 11.8 Å². The summed E-state index contributed by atoms with van der Waals surface area (Å²) < 4.78 is 0. The zero-order chi connectivity index (χ0) is 17.0. The average molecular weight is 340 g/mol. The largest absolute Gasteiger partial charge is 0.140 e. The van der Waals surface area contributed by atoms with Crippen LogP contribution in [-0.2, 0) is 6.42 Å². The van der Waals surface area contributed by atoms with E-state index in [4.69, 9.17) is 0 Å². The van der Waals surface area contributed by atoms with Crippen molar-refractivity contribution in [2.24, 2.45) is 0 Å². The van der Waals surface area contributed by atoms with Gasteiger partial charge in [0, 0.05) is 15.7 Å². The molecule has 25 heavy (non-hydrogen) atoms. The van der Waals surface area contributed by atoms with Crippen LogP contribution in [0.3, 0.4) is 0 Å². The lowest BCUT2D eigenvalue weighted by Crippen LogP contribution is -2.12. The number of hydrogen-bond acceptors (Lipinski definition) is 1. The highest BCUT2D eigenvalue weighted by Gasteiger charge is 2.35. The van der Waals surface area contributed by atoms with E-state index in [1.54, 1.807) is 11.1 Å². The lowest BCUT2D eigenvalue weighted by Gasteiger charge is -2.25. The van der Waals surface area contributed by atoms with Crippen molar-refractivity contribution < 1.29 is 0 Å². The van der Waals surface area contributed by atoms with Crippen molar-refractivity contribution in [1.82, 2.24) is 0 Å². The monoisotopic (exact) mass is 340 g/mol. The molecule has 5 rings (SSSR count). The van der Waals surface area contributed by atoms with Gasteiger partial charge in [0.2, 0.25) is 0 Å². The van der Waals surface area contributed by atoms with E-state index in [2.05, 4.69) is 63.0 Å². The molecule has 0 bridgehead atoms. The minimum atomic E-state index is 0.593. The predicted octanol–water partition coefficient (Wildman–Crippen LogP) is 4.77. The van der Waals surface area contributed by atoms with Crippen LogP contribution in [0.4, 0.5) is 0 Å². The summed E-state index contributed by atoms with van der Waals surface area (Å²) in [5.74, 6) is 0.593. The van der Waals surface area contributed by atoms with Crippen molar-refractivity contribution in [2.75, 3.05) is 0 Å². The van der Waals surface area contributed by atoms with Crippen molar-refractivity contribution in [3.8, 4) is 0 Å². The molecule has 1 aliphatic heterocycles. The fourth-order valence-corrected chi connectivity index (χ4v) is 5.75. The first kappa shape index (κ1) is 15.3. The van der Waals surface area contributed by atoms with Crippen LogP contribution in [0.2, 0.25) is 0 Å². The first-order chi connectivity index (χ1) is 12.2. The lowest BCUT2D eigenvalue weighted by molar-refractivity contribution is 0.615. The Morgan fingerprint density at radius 3 is 2.88 bits per heavy atom. The predicted molar refractivity (Wildman–Crippen MR) is 111 cm³/mol. The number of fused-ring (bicyclic) bond motifs is 4. The fourth-order valence-electron chi connectivity index (χ4n) is 4.81. The Morgan fingerprint density at radius 1 is 1.08 bits per heavy atom. The summed E-state index contributed by atoms with van der Waals surface area (Å²) in [5.41, 5.74) is 10.5. The highest BCUT2D eigenvalue weighted by Crippen LogP contribution is 2.54. The van der Waals surface area contributed by atoms with Gasteiger partial charge < -0.3 is 0 Å². The SMILES string of the molecule is Bc1cccc2c1SC(=C)/C=C1\C3=C(CCCC3c3ccccc31)C2. The Bertz CT molecular complexity index is 964. The molecular formula is C23H21BS. The van der Waals surface area contributed by atoms with Gasteiger partial charge in [-0.15, -0.1) is 0 Å². The molecule has 0 saturated carbocycles. The summed E-state index contributed by atoms with van der Waals surface area (Å²) in [4.78, 5) is 2.56. The number of thioether (sulfide) groups is 1. The van der Waals surface area contributed by atoms with E-state index in [1.165, 1.54) is 51.9 Å². The number of rotatable bonds is 0. The molecule has 1 atom stereocenters. The molecular weight excluding hydrogens is 319 g/mol. The summed E-state index contributed by atoms with van der Waals surface area (Å²) in [6.45, 7) is 4.39. The van der Waals surface area contributed by atoms with Crippen molar-refractivity contribution in [3.63, 3.8) is 0 Å². The number of benzene rings is 2. The van der Waals surface area contributed by atoms with Gasteiger partial charge in [-0.25, -0.2) is 0 Å². The van der Waals surface area contributed by atoms with Crippen LogP contribution in [0.5, 0.6) is 0 Å². The van der Waals surface area contributed by atoms with Crippen LogP contribution in [0.15, 0.2) is 76.1 Å². The second kappa shape index (κ2) is 5.81. The maximum absolute atomic E-state index is 4.39. The minimum Gasteiger partial charge on any atom is -0.0910 e. The van der Waals surface area contributed by atoms with E-state index < -0.39 is 0 Å². The molecule has 1 unspecified atom stereocenters. The first-order valence-corrected chi connectivity index (χ1v) is 10.0. The molecule has 0 amide bonds. The standard InChI is InChI=1S/C23H21BS/c1-14-12-20-18-9-3-2-8-17(18)19-10-4-6-15(22(19)20)13-16-7-5-11-21(24)23(16)25-14/h2-3,5,7-9,11-12,19H,1,4,6,10,13,24H2/b20-12-. The molecule has 0 N–H and O–H groups in total. The Hall–Kier alpha value is -1.93. The number of hydrogen-bond donors (Lipinski definition) is 0. The second-order valence-electron chi connectivity index (χ2n) is 7.42. The molecule has 0 aromatic heterocycles. The Balaban J connectivity index is 1.77. The van der Waals surface area contributed by atoms with Gasteiger partial charge in [0.05, 0.1) is 0 Å².